The van der Waals surface area contributed by atoms with Crippen LogP contribution in [0.2, 0.25) is 0 Å². The average Bonchev–Trinajstić information content (AvgIpc) is 2.96. The Labute approximate surface area is 118 Å². The summed E-state index contributed by atoms with van der Waals surface area (Å²) in [6.07, 6.45) is 1.76. The molecule has 3 rings (SSSR count). The lowest BCUT2D eigenvalue weighted by Gasteiger charge is -2.21. The molecule has 0 bridgehead atoms. The van der Waals surface area contributed by atoms with Crippen molar-refractivity contribution in [3.05, 3.63) is 46.7 Å². The lowest BCUT2D eigenvalue weighted by molar-refractivity contribution is -0.115. The van der Waals surface area contributed by atoms with Gasteiger partial charge in [-0.3, -0.25) is 9.69 Å². The predicted molar refractivity (Wildman–Crippen MR) is 75.9 cm³/mol. The summed E-state index contributed by atoms with van der Waals surface area (Å²) < 4.78 is 13.0. The molecule has 0 spiro atoms. The van der Waals surface area contributed by atoms with Gasteiger partial charge in [-0.25, -0.2) is 9.37 Å². The van der Waals surface area contributed by atoms with Crippen LogP contribution in [0.25, 0.3) is 0 Å². The number of halogens is 1. The minimum Gasteiger partial charge on any atom is -0.273 e. The summed E-state index contributed by atoms with van der Waals surface area (Å²) >= 11 is 3.04. The van der Waals surface area contributed by atoms with E-state index in [9.17, 15) is 9.18 Å². The first-order valence-electron chi connectivity index (χ1n) is 5.77. The van der Waals surface area contributed by atoms with Crippen molar-refractivity contribution in [3.8, 4) is 0 Å². The lowest BCUT2D eigenvalue weighted by Crippen LogP contribution is -2.27. The molecule has 1 aliphatic heterocycles. The molecule has 2 heterocycles. The van der Waals surface area contributed by atoms with Gasteiger partial charge in [-0.2, -0.15) is 0 Å². The van der Waals surface area contributed by atoms with Crippen LogP contribution in [0, 0.1) is 12.7 Å². The number of hydrogen-bond acceptors (Lipinski definition) is 4. The first-order valence-corrected chi connectivity index (χ1v) is 7.63. The topological polar surface area (TPSA) is 33.2 Å². The van der Waals surface area contributed by atoms with Crippen molar-refractivity contribution in [2.75, 3.05) is 10.7 Å². The molecule has 98 valence electrons. The number of thiazole rings is 1. The van der Waals surface area contributed by atoms with E-state index in [0.717, 1.165) is 10.4 Å². The van der Waals surface area contributed by atoms with Crippen molar-refractivity contribution < 1.29 is 9.18 Å². The number of carbonyl (C=O) groups excluding carboxylic acids is 1. The van der Waals surface area contributed by atoms with Crippen molar-refractivity contribution >= 4 is 34.1 Å². The molecule has 1 aromatic carbocycles. The average molecular weight is 294 g/mol. The van der Waals surface area contributed by atoms with Crippen LogP contribution in [0.15, 0.2) is 30.5 Å². The number of nitrogens with zero attached hydrogens (tertiary/aromatic N) is 2. The molecule has 2 aromatic rings. The van der Waals surface area contributed by atoms with Crippen molar-refractivity contribution in [3.63, 3.8) is 0 Å². The normalized spacial score (nSPS) is 19.2. The summed E-state index contributed by atoms with van der Waals surface area (Å²) in [5.74, 6) is 0.212. The van der Waals surface area contributed by atoms with Crippen LogP contribution in [0.3, 0.4) is 0 Å². The highest BCUT2D eigenvalue weighted by Gasteiger charge is 2.35. The molecule has 0 unspecified atom stereocenters. The molecule has 1 aromatic heterocycles. The van der Waals surface area contributed by atoms with Gasteiger partial charge in [0.1, 0.15) is 11.2 Å². The zero-order valence-corrected chi connectivity index (χ0v) is 11.8. The van der Waals surface area contributed by atoms with E-state index in [0.29, 0.717) is 10.9 Å². The Hall–Kier alpha value is -1.40. The Bertz CT molecular complexity index is 611. The van der Waals surface area contributed by atoms with E-state index in [-0.39, 0.29) is 17.1 Å². The number of amides is 1. The third-order valence-electron chi connectivity index (χ3n) is 2.84. The number of hydrogen-bond donors (Lipinski definition) is 0. The molecule has 3 nitrogen and oxygen atoms in total. The number of benzene rings is 1. The highest BCUT2D eigenvalue weighted by atomic mass is 32.2. The molecule has 6 heteroatoms. The maximum absolute atomic E-state index is 13.0. The summed E-state index contributed by atoms with van der Waals surface area (Å²) in [6, 6.07) is 6.28. The second-order valence-electron chi connectivity index (χ2n) is 4.23. The van der Waals surface area contributed by atoms with E-state index in [4.69, 9.17) is 0 Å². The molecular weight excluding hydrogens is 283 g/mol. The Morgan fingerprint density at radius 3 is 2.74 bits per heavy atom. The molecule has 1 saturated heterocycles. The Balaban J connectivity index is 1.96. The predicted octanol–water partition coefficient (Wildman–Crippen LogP) is 3.37. The van der Waals surface area contributed by atoms with E-state index < -0.39 is 0 Å². The van der Waals surface area contributed by atoms with Gasteiger partial charge in [-0.1, -0.05) is 12.1 Å². The summed E-state index contributed by atoms with van der Waals surface area (Å²) in [5, 5.41) is 0.598. The Kier molecular flexibility index (Phi) is 3.28. The van der Waals surface area contributed by atoms with Gasteiger partial charge in [-0.05, 0) is 24.6 Å². The van der Waals surface area contributed by atoms with Gasteiger partial charge in [0.25, 0.3) is 0 Å². The Morgan fingerprint density at radius 2 is 2.11 bits per heavy atom. The highest BCUT2D eigenvalue weighted by Crippen LogP contribution is 2.42. The molecule has 1 amide bonds. The number of carbonyl (C=O) groups is 1. The summed E-state index contributed by atoms with van der Waals surface area (Å²) in [5.41, 5.74) is 0.921. The highest BCUT2D eigenvalue weighted by molar-refractivity contribution is 8.00. The van der Waals surface area contributed by atoms with Crippen LogP contribution in [0.5, 0.6) is 0 Å². The van der Waals surface area contributed by atoms with Gasteiger partial charge in [0, 0.05) is 11.1 Å². The van der Waals surface area contributed by atoms with Crippen LogP contribution in [0.1, 0.15) is 15.8 Å². The number of rotatable bonds is 2. The van der Waals surface area contributed by atoms with E-state index in [1.54, 1.807) is 35.0 Å². The van der Waals surface area contributed by atoms with Gasteiger partial charge in [0.15, 0.2) is 5.13 Å². The van der Waals surface area contributed by atoms with E-state index in [1.807, 2.05) is 6.92 Å². The maximum atomic E-state index is 13.0. The fraction of sp³-hybridized carbons (Fsp3) is 0.231. The number of anilines is 1. The van der Waals surface area contributed by atoms with Crippen molar-refractivity contribution in [2.24, 2.45) is 0 Å². The molecule has 19 heavy (non-hydrogen) atoms. The van der Waals surface area contributed by atoms with E-state index in [1.165, 1.54) is 23.5 Å². The first-order chi connectivity index (χ1) is 9.15. The summed E-state index contributed by atoms with van der Waals surface area (Å²) in [7, 11) is 0. The number of aryl methyl sites for hydroxylation is 1. The second kappa shape index (κ2) is 4.94. The fourth-order valence-corrected chi connectivity index (χ4v) is 3.99. The minimum atomic E-state index is -0.269. The molecule has 0 aliphatic carbocycles. The van der Waals surface area contributed by atoms with Crippen LogP contribution < -0.4 is 4.90 Å². The van der Waals surface area contributed by atoms with Crippen LogP contribution in [-0.2, 0) is 4.79 Å². The minimum absolute atomic E-state index is 0.0497. The van der Waals surface area contributed by atoms with Crippen LogP contribution in [-0.4, -0.2) is 16.6 Å². The maximum Gasteiger partial charge on any atom is 0.240 e. The third kappa shape index (κ3) is 2.37. The van der Waals surface area contributed by atoms with Gasteiger partial charge < -0.3 is 0 Å². The zero-order chi connectivity index (χ0) is 13.4. The van der Waals surface area contributed by atoms with Crippen LogP contribution in [0.4, 0.5) is 9.52 Å². The largest absolute Gasteiger partial charge is 0.273 e. The van der Waals surface area contributed by atoms with Crippen molar-refractivity contribution in [1.82, 2.24) is 4.98 Å². The fourth-order valence-electron chi connectivity index (χ4n) is 1.96. The van der Waals surface area contributed by atoms with E-state index in [2.05, 4.69) is 4.98 Å². The standard InChI is InChI=1S/C13H11FN2OS2/c1-8-6-15-13(19-8)16-11(17)7-18-12(16)9-2-4-10(14)5-3-9/h2-6,12H,7H2,1H3/t12-/m0/s1. The van der Waals surface area contributed by atoms with Gasteiger partial charge in [0.2, 0.25) is 5.91 Å². The van der Waals surface area contributed by atoms with Gasteiger partial charge >= 0.3 is 0 Å². The van der Waals surface area contributed by atoms with Crippen molar-refractivity contribution in [2.45, 2.75) is 12.3 Å². The first kappa shape index (κ1) is 12.6. The molecule has 1 atom stereocenters. The summed E-state index contributed by atoms with van der Waals surface area (Å²) in [6.45, 7) is 1.96. The van der Waals surface area contributed by atoms with Gasteiger partial charge in [-0.15, -0.1) is 23.1 Å². The van der Waals surface area contributed by atoms with E-state index >= 15 is 0 Å². The molecule has 0 radical (unpaired) electrons. The smallest absolute Gasteiger partial charge is 0.240 e. The summed E-state index contributed by atoms with van der Waals surface area (Å²) in [4.78, 5) is 19.1. The zero-order valence-electron chi connectivity index (χ0n) is 10.2. The molecule has 0 N–H and O–H groups in total. The molecule has 0 saturated carbocycles. The molecule has 1 fully saturated rings. The molecular formula is C13H11FN2OS2. The quantitative estimate of drug-likeness (QED) is 0.851. The Morgan fingerprint density at radius 1 is 1.37 bits per heavy atom. The van der Waals surface area contributed by atoms with Gasteiger partial charge in [0.05, 0.1) is 5.75 Å². The third-order valence-corrected chi connectivity index (χ3v) is 4.96. The SMILES string of the molecule is Cc1cnc(N2C(=O)CS[C@H]2c2ccc(F)cc2)s1. The van der Waals surface area contributed by atoms with Crippen LogP contribution >= 0.6 is 23.1 Å². The number of thioether (sulfide) groups is 1. The lowest BCUT2D eigenvalue weighted by atomic mass is 10.2. The second-order valence-corrected chi connectivity index (χ2v) is 6.51. The number of aromatic nitrogens is 1. The van der Waals surface area contributed by atoms with Crippen molar-refractivity contribution in [1.29, 1.82) is 0 Å². The monoisotopic (exact) mass is 294 g/mol. The molecule has 1 aliphatic rings.